The SMILES string of the molecule is Nc1ccccc1NC(=O)c1ccc(Nc2ncnc3c(CO)cccc23)cc1. The lowest BCUT2D eigenvalue weighted by molar-refractivity contribution is 0.102. The van der Waals surface area contributed by atoms with E-state index >= 15 is 0 Å². The summed E-state index contributed by atoms with van der Waals surface area (Å²) < 4.78 is 0. The zero-order chi connectivity index (χ0) is 20.2. The van der Waals surface area contributed by atoms with E-state index < -0.39 is 0 Å². The van der Waals surface area contributed by atoms with E-state index in [0.29, 0.717) is 28.3 Å². The first-order valence-corrected chi connectivity index (χ1v) is 9.02. The molecule has 0 saturated heterocycles. The molecule has 0 aliphatic heterocycles. The molecule has 0 bridgehead atoms. The van der Waals surface area contributed by atoms with Crippen molar-refractivity contribution in [1.82, 2.24) is 9.97 Å². The Kier molecular flexibility index (Phi) is 5.05. The average Bonchev–Trinajstić information content (AvgIpc) is 2.75. The van der Waals surface area contributed by atoms with Gasteiger partial charge in [0.2, 0.25) is 0 Å². The number of nitrogen functional groups attached to an aromatic ring is 1. The molecule has 3 aromatic carbocycles. The summed E-state index contributed by atoms with van der Waals surface area (Å²) in [4.78, 5) is 21.0. The van der Waals surface area contributed by atoms with Gasteiger partial charge < -0.3 is 21.5 Å². The van der Waals surface area contributed by atoms with Gasteiger partial charge in [0, 0.05) is 22.2 Å². The smallest absolute Gasteiger partial charge is 0.255 e. The number of aliphatic hydroxyl groups excluding tert-OH is 1. The molecule has 7 heteroatoms. The highest BCUT2D eigenvalue weighted by Gasteiger charge is 2.10. The third-order valence-corrected chi connectivity index (χ3v) is 4.54. The predicted octanol–water partition coefficient (Wildman–Crippen LogP) is 3.70. The lowest BCUT2D eigenvalue weighted by atomic mass is 10.1. The Morgan fingerprint density at radius 1 is 0.966 bits per heavy atom. The number of para-hydroxylation sites is 3. The van der Waals surface area contributed by atoms with Crippen molar-refractivity contribution in [2.24, 2.45) is 0 Å². The molecule has 1 heterocycles. The van der Waals surface area contributed by atoms with Crippen LogP contribution in [0, 0.1) is 0 Å². The van der Waals surface area contributed by atoms with Crippen LogP contribution in [0.3, 0.4) is 0 Å². The van der Waals surface area contributed by atoms with Crippen LogP contribution in [0.25, 0.3) is 10.9 Å². The Labute approximate surface area is 167 Å². The minimum Gasteiger partial charge on any atom is -0.397 e. The maximum absolute atomic E-state index is 12.4. The van der Waals surface area contributed by atoms with Crippen LogP contribution in [-0.2, 0) is 6.61 Å². The molecule has 0 radical (unpaired) electrons. The maximum atomic E-state index is 12.4. The summed E-state index contributed by atoms with van der Waals surface area (Å²) in [5.41, 5.74) is 9.67. The normalized spacial score (nSPS) is 10.7. The number of carbonyl (C=O) groups excluding carboxylic acids is 1. The van der Waals surface area contributed by atoms with E-state index in [1.807, 2.05) is 30.3 Å². The van der Waals surface area contributed by atoms with Gasteiger partial charge in [0.15, 0.2) is 0 Å². The molecule has 7 nitrogen and oxygen atoms in total. The van der Waals surface area contributed by atoms with E-state index in [4.69, 9.17) is 5.73 Å². The number of nitrogens with two attached hydrogens (primary N) is 1. The number of aromatic nitrogens is 2. The van der Waals surface area contributed by atoms with Crippen molar-refractivity contribution in [1.29, 1.82) is 0 Å². The van der Waals surface area contributed by atoms with Crippen LogP contribution in [0.2, 0.25) is 0 Å². The lowest BCUT2D eigenvalue weighted by Gasteiger charge is -2.11. The summed E-state index contributed by atoms with van der Waals surface area (Å²) in [7, 11) is 0. The zero-order valence-electron chi connectivity index (χ0n) is 15.5. The Balaban J connectivity index is 1.54. The van der Waals surface area contributed by atoms with Crippen molar-refractivity contribution in [2.75, 3.05) is 16.4 Å². The van der Waals surface area contributed by atoms with E-state index in [9.17, 15) is 9.90 Å². The number of hydrogen-bond acceptors (Lipinski definition) is 6. The minimum atomic E-state index is -0.241. The molecule has 4 aromatic rings. The zero-order valence-corrected chi connectivity index (χ0v) is 15.5. The molecular weight excluding hydrogens is 366 g/mol. The molecule has 144 valence electrons. The molecule has 29 heavy (non-hydrogen) atoms. The third kappa shape index (κ3) is 3.85. The predicted molar refractivity (Wildman–Crippen MR) is 114 cm³/mol. The molecule has 0 unspecified atom stereocenters. The molecule has 4 rings (SSSR count). The lowest BCUT2D eigenvalue weighted by Crippen LogP contribution is -2.13. The highest BCUT2D eigenvalue weighted by atomic mass is 16.3. The van der Waals surface area contributed by atoms with Crippen molar-refractivity contribution in [3.05, 3.63) is 84.2 Å². The number of nitrogens with zero attached hydrogens (tertiary/aromatic N) is 2. The standard InChI is InChI=1S/C22H19N5O2/c23-18-6-1-2-7-19(18)27-22(29)14-8-10-16(11-9-14)26-21-17-5-3-4-15(12-28)20(17)24-13-25-21/h1-11,13,28H,12,23H2,(H,27,29)(H,24,25,26). The van der Waals surface area contributed by atoms with Crippen LogP contribution < -0.4 is 16.4 Å². The Hall–Kier alpha value is -3.97. The number of aliphatic hydroxyl groups is 1. The first-order chi connectivity index (χ1) is 14.2. The molecule has 1 aromatic heterocycles. The first-order valence-electron chi connectivity index (χ1n) is 9.02. The summed E-state index contributed by atoms with van der Waals surface area (Å²) >= 11 is 0. The fourth-order valence-electron chi connectivity index (χ4n) is 3.02. The fraction of sp³-hybridized carbons (Fsp3) is 0.0455. The van der Waals surface area contributed by atoms with E-state index in [-0.39, 0.29) is 12.5 Å². The van der Waals surface area contributed by atoms with E-state index in [0.717, 1.165) is 16.6 Å². The molecule has 0 atom stereocenters. The Morgan fingerprint density at radius 3 is 2.52 bits per heavy atom. The topological polar surface area (TPSA) is 113 Å². The molecule has 1 amide bonds. The highest BCUT2D eigenvalue weighted by molar-refractivity contribution is 6.06. The monoisotopic (exact) mass is 385 g/mol. The molecule has 5 N–H and O–H groups in total. The second kappa shape index (κ2) is 7.95. The molecule has 0 aliphatic carbocycles. The molecule has 0 fully saturated rings. The van der Waals surface area contributed by atoms with E-state index in [1.54, 1.807) is 36.4 Å². The van der Waals surface area contributed by atoms with Gasteiger partial charge in [-0.15, -0.1) is 0 Å². The first kappa shape index (κ1) is 18.4. The summed E-state index contributed by atoms with van der Waals surface area (Å²) in [6.45, 7) is -0.0937. The quantitative estimate of drug-likeness (QED) is 0.390. The van der Waals surface area contributed by atoms with Crippen LogP contribution >= 0.6 is 0 Å². The summed E-state index contributed by atoms with van der Waals surface area (Å²) in [6.07, 6.45) is 1.45. The number of amides is 1. The van der Waals surface area contributed by atoms with Crippen LogP contribution in [-0.4, -0.2) is 21.0 Å². The molecule has 0 spiro atoms. The van der Waals surface area contributed by atoms with Gasteiger partial charge in [-0.3, -0.25) is 4.79 Å². The Bertz CT molecular complexity index is 1180. The van der Waals surface area contributed by atoms with Crippen molar-refractivity contribution >= 4 is 39.7 Å². The number of carbonyl (C=O) groups is 1. The number of benzene rings is 3. The van der Waals surface area contributed by atoms with Crippen molar-refractivity contribution in [2.45, 2.75) is 6.61 Å². The number of fused-ring (bicyclic) bond motifs is 1. The average molecular weight is 385 g/mol. The second-order valence-corrected chi connectivity index (χ2v) is 6.44. The number of anilines is 4. The third-order valence-electron chi connectivity index (χ3n) is 4.54. The van der Waals surface area contributed by atoms with Crippen molar-refractivity contribution in [3.8, 4) is 0 Å². The van der Waals surface area contributed by atoms with Gasteiger partial charge in [-0.05, 0) is 42.5 Å². The van der Waals surface area contributed by atoms with Crippen LogP contribution in [0.4, 0.5) is 22.9 Å². The van der Waals surface area contributed by atoms with Crippen molar-refractivity contribution in [3.63, 3.8) is 0 Å². The van der Waals surface area contributed by atoms with Gasteiger partial charge in [-0.1, -0.05) is 24.3 Å². The van der Waals surface area contributed by atoms with Gasteiger partial charge in [-0.2, -0.15) is 0 Å². The van der Waals surface area contributed by atoms with Crippen LogP contribution in [0.1, 0.15) is 15.9 Å². The van der Waals surface area contributed by atoms with E-state index in [1.165, 1.54) is 6.33 Å². The number of nitrogens with one attached hydrogen (secondary N) is 2. The van der Waals surface area contributed by atoms with Crippen molar-refractivity contribution < 1.29 is 9.90 Å². The van der Waals surface area contributed by atoms with Gasteiger partial charge in [0.25, 0.3) is 5.91 Å². The van der Waals surface area contributed by atoms with E-state index in [2.05, 4.69) is 20.6 Å². The number of hydrogen-bond donors (Lipinski definition) is 4. The van der Waals surface area contributed by atoms with Gasteiger partial charge >= 0.3 is 0 Å². The van der Waals surface area contributed by atoms with Gasteiger partial charge in [-0.25, -0.2) is 9.97 Å². The summed E-state index contributed by atoms with van der Waals surface area (Å²) in [5.74, 6) is 0.383. The Morgan fingerprint density at radius 2 is 1.76 bits per heavy atom. The number of rotatable bonds is 5. The fourth-order valence-corrected chi connectivity index (χ4v) is 3.02. The summed E-state index contributed by atoms with van der Waals surface area (Å²) in [6, 6.07) is 19.7. The highest BCUT2D eigenvalue weighted by Crippen LogP contribution is 2.25. The summed E-state index contributed by atoms with van der Waals surface area (Å²) in [5, 5.41) is 16.3. The minimum absolute atomic E-state index is 0.0937. The molecular formula is C22H19N5O2. The van der Waals surface area contributed by atoms with Gasteiger partial charge in [0.05, 0.1) is 23.5 Å². The van der Waals surface area contributed by atoms with Crippen LogP contribution in [0.5, 0.6) is 0 Å². The van der Waals surface area contributed by atoms with Crippen LogP contribution in [0.15, 0.2) is 73.1 Å². The molecule has 0 saturated carbocycles. The maximum Gasteiger partial charge on any atom is 0.255 e. The van der Waals surface area contributed by atoms with Gasteiger partial charge in [0.1, 0.15) is 12.1 Å². The largest absolute Gasteiger partial charge is 0.397 e. The second-order valence-electron chi connectivity index (χ2n) is 6.44. The molecule has 0 aliphatic rings.